The summed E-state index contributed by atoms with van der Waals surface area (Å²) in [7, 11) is 0. The lowest BCUT2D eigenvalue weighted by Crippen LogP contribution is -2.23. The van der Waals surface area contributed by atoms with Crippen LogP contribution in [0, 0.1) is 5.82 Å². The Balaban J connectivity index is 1.52. The van der Waals surface area contributed by atoms with Crippen molar-refractivity contribution in [1.29, 1.82) is 0 Å². The summed E-state index contributed by atoms with van der Waals surface area (Å²) in [5, 5.41) is 12.8. The summed E-state index contributed by atoms with van der Waals surface area (Å²) < 4.78 is 19.0. The molecule has 0 saturated heterocycles. The molecule has 2 aromatic carbocycles. The molecule has 0 unspecified atom stereocenters. The highest BCUT2D eigenvalue weighted by Crippen LogP contribution is 2.29. The van der Waals surface area contributed by atoms with Crippen molar-refractivity contribution in [3.63, 3.8) is 0 Å². The summed E-state index contributed by atoms with van der Waals surface area (Å²) >= 11 is 0. The number of para-hydroxylation sites is 1. The fourth-order valence-electron chi connectivity index (χ4n) is 3.75. The number of benzene rings is 2. The van der Waals surface area contributed by atoms with E-state index in [2.05, 4.69) is 20.5 Å². The van der Waals surface area contributed by atoms with E-state index < -0.39 is 0 Å². The lowest BCUT2D eigenvalue weighted by atomic mass is 9.95. The summed E-state index contributed by atoms with van der Waals surface area (Å²) in [6.07, 6.45) is 6.05. The van der Waals surface area contributed by atoms with E-state index in [1.807, 2.05) is 24.3 Å². The van der Waals surface area contributed by atoms with Crippen LogP contribution in [0.15, 0.2) is 52.9 Å². The van der Waals surface area contributed by atoms with Gasteiger partial charge in [-0.1, -0.05) is 31.4 Å². The van der Waals surface area contributed by atoms with Gasteiger partial charge in [0.15, 0.2) is 0 Å². The first-order valence-corrected chi connectivity index (χ1v) is 9.89. The van der Waals surface area contributed by atoms with Crippen LogP contribution in [0.5, 0.6) is 0 Å². The predicted molar refractivity (Wildman–Crippen MR) is 109 cm³/mol. The molecule has 5 rings (SSSR count). The van der Waals surface area contributed by atoms with Gasteiger partial charge in [0, 0.05) is 17.0 Å². The number of hydrogen-bond acceptors (Lipinski definition) is 6. The minimum atomic E-state index is -0.315. The largest absolute Gasteiger partial charge is 0.413 e. The van der Waals surface area contributed by atoms with Crippen LogP contribution >= 0.6 is 0 Å². The number of aromatic nitrogens is 4. The maximum absolute atomic E-state index is 13.2. The molecule has 2 aromatic heterocycles. The van der Waals surface area contributed by atoms with Crippen molar-refractivity contribution in [1.82, 2.24) is 20.2 Å². The fraction of sp³-hybridized carbons (Fsp3) is 0.273. The number of rotatable bonds is 4. The molecule has 29 heavy (non-hydrogen) atoms. The monoisotopic (exact) mass is 389 g/mol. The van der Waals surface area contributed by atoms with Gasteiger partial charge in [0.2, 0.25) is 11.7 Å². The Labute approximate surface area is 167 Å². The van der Waals surface area contributed by atoms with Crippen LogP contribution in [-0.2, 0) is 0 Å². The van der Waals surface area contributed by atoms with E-state index in [0.717, 1.165) is 29.6 Å². The number of nitrogens with zero attached hydrogens (tertiary/aromatic N) is 4. The Morgan fingerprint density at radius 1 is 0.862 bits per heavy atom. The molecule has 1 saturated carbocycles. The molecule has 1 N–H and O–H groups in total. The highest BCUT2D eigenvalue weighted by atomic mass is 19.1. The predicted octanol–water partition coefficient (Wildman–Crippen LogP) is 5.23. The van der Waals surface area contributed by atoms with Crippen molar-refractivity contribution < 1.29 is 8.81 Å². The van der Waals surface area contributed by atoms with Crippen molar-refractivity contribution in [2.45, 2.75) is 38.1 Å². The Hall–Kier alpha value is -3.35. The van der Waals surface area contributed by atoms with E-state index in [1.54, 1.807) is 12.1 Å². The fourth-order valence-corrected chi connectivity index (χ4v) is 3.75. The zero-order valence-corrected chi connectivity index (χ0v) is 15.8. The molecule has 1 aliphatic carbocycles. The Kier molecular flexibility index (Phi) is 4.63. The van der Waals surface area contributed by atoms with Gasteiger partial charge < -0.3 is 9.73 Å². The van der Waals surface area contributed by atoms with E-state index in [1.165, 1.54) is 31.4 Å². The Morgan fingerprint density at radius 2 is 1.62 bits per heavy atom. The third-order valence-electron chi connectivity index (χ3n) is 5.26. The molecule has 0 radical (unpaired) electrons. The molecule has 146 valence electrons. The van der Waals surface area contributed by atoms with Crippen LogP contribution in [0.4, 0.5) is 10.2 Å². The molecule has 2 heterocycles. The molecule has 0 aliphatic heterocycles. The first-order valence-electron chi connectivity index (χ1n) is 9.89. The topological polar surface area (TPSA) is 76.7 Å². The maximum atomic E-state index is 13.2. The zero-order chi connectivity index (χ0) is 19.6. The third-order valence-corrected chi connectivity index (χ3v) is 5.26. The number of nitrogens with one attached hydrogen (secondary N) is 1. The van der Waals surface area contributed by atoms with Crippen molar-refractivity contribution in [3.8, 4) is 23.2 Å². The quantitative estimate of drug-likeness (QED) is 0.515. The Morgan fingerprint density at radius 3 is 2.45 bits per heavy atom. The van der Waals surface area contributed by atoms with E-state index in [0.29, 0.717) is 23.3 Å². The van der Waals surface area contributed by atoms with Gasteiger partial charge in [-0.15, -0.1) is 10.2 Å². The lowest BCUT2D eigenvalue weighted by Gasteiger charge is -2.24. The minimum absolute atomic E-state index is 0.238. The van der Waals surface area contributed by atoms with E-state index in [9.17, 15) is 4.39 Å². The standard InChI is InChI=1S/C22H20FN5O/c23-15-12-10-14(11-13-15)21-27-28-22(29-21)20-25-18-9-5-4-8-17(18)19(26-20)24-16-6-2-1-3-7-16/h4-5,8-13,16H,1-3,6-7H2,(H,24,25,26). The van der Waals surface area contributed by atoms with E-state index in [4.69, 9.17) is 9.40 Å². The van der Waals surface area contributed by atoms with Gasteiger partial charge in [-0.2, -0.15) is 0 Å². The summed E-state index contributed by atoms with van der Waals surface area (Å²) in [6.45, 7) is 0. The lowest BCUT2D eigenvalue weighted by molar-refractivity contribution is 0.462. The second kappa shape index (κ2) is 7.58. The van der Waals surface area contributed by atoms with Gasteiger partial charge in [-0.05, 0) is 49.2 Å². The van der Waals surface area contributed by atoms with Crippen LogP contribution in [0.2, 0.25) is 0 Å². The number of anilines is 1. The smallest absolute Gasteiger partial charge is 0.286 e. The summed E-state index contributed by atoms with van der Waals surface area (Å²) in [5.41, 5.74) is 1.46. The summed E-state index contributed by atoms with van der Waals surface area (Å²) in [4.78, 5) is 9.32. The van der Waals surface area contributed by atoms with Crippen LogP contribution in [0.1, 0.15) is 32.1 Å². The van der Waals surface area contributed by atoms with Crippen molar-refractivity contribution in [2.24, 2.45) is 0 Å². The maximum Gasteiger partial charge on any atom is 0.286 e. The molecule has 0 atom stereocenters. The molecule has 1 fully saturated rings. The van der Waals surface area contributed by atoms with Gasteiger partial charge in [-0.25, -0.2) is 14.4 Å². The molecule has 0 amide bonds. The van der Waals surface area contributed by atoms with Gasteiger partial charge in [0.1, 0.15) is 11.6 Å². The second-order valence-electron chi connectivity index (χ2n) is 7.31. The van der Waals surface area contributed by atoms with Gasteiger partial charge >= 0.3 is 0 Å². The number of fused-ring (bicyclic) bond motifs is 1. The van der Waals surface area contributed by atoms with Crippen LogP contribution in [-0.4, -0.2) is 26.2 Å². The molecule has 6 nitrogen and oxygen atoms in total. The molecule has 4 aromatic rings. The number of halogens is 1. The molecular formula is C22H20FN5O. The van der Waals surface area contributed by atoms with Gasteiger partial charge in [0.05, 0.1) is 5.52 Å². The number of hydrogen-bond donors (Lipinski definition) is 1. The van der Waals surface area contributed by atoms with Crippen LogP contribution in [0.3, 0.4) is 0 Å². The molecule has 7 heteroatoms. The molecule has 0 bridgehead atoms. The van der Waals surface area contributed by atoms with Gasteiger partial charge in [-0.3, -0.25) is 0 Å². The third kappa shape index (κ3) is 3.68. The average molecular weight is 389 g/mol. The summed E-state index contributed by atoms with van der Waals surface area (Å²) in [5.74, 6) is 1.40. The minimum Gasteiger partial charge on any atom is -0.413 e. The average Bonchev–Trinajstić information content (AvgIpc) is 3.25. The molecular weight excluding hydrogens is 369 g/mol. The normalized spacial score (nSPS) is 14.9. The van der Waals surface area contributed by atoms with Crippen molar-refractivity contribution >= 4 is 16.7 Å². The zero-order valence-electron chi connectivity index (χ0n) is 15.8. The molecule has 1 aliphatic rings. The first kappa shape index (κ1) is 17.7. The Bertz CT molecular complexity index is 1140. The SMILES string of the molecule is Fc1ccc(-c2nnc(-c3nc(NC4CCCCC4)c4ccccc4n3)o2)cc1. The van der Waals surface area contributed by atoms with Crippen molar-refractivity contribution in [3.05, 3.63) is 54.3 Å². The van der Waals surface area contributed by atoms with E-state index >= 15 is 0 Å². The summed E-state index contributed by atoms with van der Waals surface area (Å²) in [6, 6.07) is 14.2. The second-order valence-corrected chi connectivity index (χ2v) is 7.31. The van der Waals surface area contributed by atoms with Gasteiger partial charge in [0.25, 0.3) is 5.89 Å². The first-order chi connectivity index (χ1) is 14.3. The molecule has 0 spiro atoms. The van der Waals surface area contributed by atoms with Crippen LogP contribution in [0.25, 0.3) is 34.1 Å². The highest BCUT2D eigenvalue weighted by molar-refractivity contribution is 5.90. The highest BCUT2D eigenvalue weighted by Gasteiger charge is 2.19. The van der Waals surface area contributed by atoms with E-state index in [-0.39, 0.29) is 11.7 Å². The van der Waals surface area contributed by atoms with Crippen molar-refractivity contribution in [2.75, 3.05) is 5.32 Å². The van der Waals surface area contributed by atoms with Crippen LogP contribution < -0.4 is 5.32 Å².